The lowest BCUT2D eigenvalue weighted by Gasteiger charge is -2.13. The molecule has 0 radical (unpaired) electrons. The number of urea groups is 1. The number of carbonyl (C=O) groups is 2. The number of H-pyrrole nitrogens is 2. The number of nitrogens with zero attached hydrogens (tertiary/aromatic N) is 4. The third kappa shape index (κ3) is 3.76. The van der Waals surface area contributed by atoms with Crippen molar-refractivity contribution in [3.63, 3.8) is 0 Å². The number of aromatic amines is 2. The third-order valence-electron chi connectivity index (χ3n) is 2.38. The molecule has 0 saturated heterocycles. The van der Waals surface area contributed by atoms with E-state index in [4.69, 9.17) is 5.11 Å². The molecule has 106 valence electrons. The second-order valence-electron chi connectivity index (χ2n) is 3.83. The molecule has 11 heteroatoms. The Bertz CT molecular complexity index is 552. The number of carbonyl (C=O) groups excluding carboxylic acids is 1. The zero-order valence-corrected chi connectivity index (χ0v) is 10.2. The first-order valence-corrected chi connectivity index (χ1v) is 5.62. The van der Waals surface area contributed by atoms with E-state index in [1.54, 1.807) is 0 Å². The molecule has 0 saturated carbocycles. The maximum absolute atomic E-state index is 11.6. The third-order valence-corrected chi connectivity index (χ3v) is 2.38. The van der Waals surface area contributed by atoms with Crippen molar-refractivity contribution in [2.75, 3.05) is 0 Å². The van der Waals surface area contributed by atoms with Crippen molar-refractivity contribution in [3.05, 3.63) is 24.0 Å². The van der Waals surface area contributed by atoms with Crippen LogP contribution in [-0.2, 0) is 17.8 Å². The lowest BCUT2D eigenvalue weighted by atomic mass is 10.2. The molecule has 2 heterocycles. The molecule has 0 bridgehead atoms. The van der Waals surface area contributed by atoms with Crippen LogP contribution in [0.15, 0.2) is 12.5 Å². The number of aromatic nitrogens is 6. The minimum Gasteiger partial charge on any atom is -0.480 e. The Morgan fingerprint density at radius 1 is 1.45 bits per heavy atom. The molecule has 2 aromatic rings. The van der Waals surface area contributed by atoms with E-state index in [0.29, 0.717) is 11.5 Å². The zero-order valence-electron chi connectivity index (χ0n) is 10.2. The second kappa shape index (κ2) is 6.26. The first-order valence-electron chi connectivity index (χ1n) is 5.62. The van der Waals surface area contributed by atoms with Gasteiger partial charge in [0.25, 0.3) is 0 Å². The minimum atomic E-state index is -1.14. The van der Waals surface area contributed by atoms with Gasteiger partial charge in [-0.3, -0.25) is 0 Å². The number of hydrogen-bond donors (Lipinski definition) is 5. The summed E-state index contributed by atoms with van der Waals surface area (Å²) in [5.41, 5.74) is 0.607. The highest BCUT2D eigenvalue weighted by atomic mass is 16.4. The van der Waals surface area contributed by atoms with Crippen LogP contribution in [0.2, 0.25) is 0 Å². The first-order chi connectivity index (χ1) is 9.65. The second-order valence-corrected chi connectivity index (χ2v) is 3.83. The Labute approximate surface area is 112 Å². The Hall–Kier alpha value is -2.98. The van der Waals surface area contributed by atoms with Crippen molar-refractivity contribution >= 4 is 12.0 Å². The molecule has 2 amide bonds. The van der Waals surface area contributed by atoms with Gasteiger partial charge in [0.05, 0.1) is 12.9 Å². The molecule has 5 N–H and O–H groups in total. The summed E-state index contributed by atoms with van der Waals surface area (Å²) >= 11 is 0. The van der Waals surface area contributed by atoms with Crippen LogP contribution in [0.4, 0.5) is 4.79 Å². The Balaban J connectivity index is 1.84. The summed E-state index contributed by atoms with van der Waals surface area (Å²) in [4.78, 5) is 29.2. The van der Waals surface area contributed by atoms with Crippen molar-refractivity contribution in [2.24, 2.45) is 0 Å². The van der Waals surface area contributed by atoms with Gasteiger partial charge in [-0.15, -0.1) is 10.2 Å². The highest BCUT2D eigenvalue weighted by Gasteiger charge is 2.21. The van der Waals surface area contributed by atoms with Crippen LogP contribution in [-0.4, -0.2) is 53.7 Å². The van der Waals surface area contributed by atoms with Crippen molar-refractivity contribution < 1.29 is 14.7 Å². The average Bonchev–Trinajstić information content (AvgIpc) is 3.08. The Kier molecular flexibility index (Phi) is 4.21. The van der Waals surface area contributed by atoms with Crippen LogP contribution in [0.1, 0.15) is 11.5 Å². The van der Waals surface area contributed by atoms with Gasteiger partial charge in [0, 0.05) is 18.3 Å². The molecule has 0 aromatic carbocycles. The number of amides is 2. The molecule has 0 aliphatic rings. The topological polar surface area (TPSA) is 162 Å². The SMILES string of the molecule is O=C(NCc1nn[nH]n1)NC(Cc1cnc[nH]1)C(=O)O. The van der Waals surface area contributed by atoms with Crippen molar-refractivity contribution in [1.82, 2.24) is 41.2 Å². The van der Waals surface area contributed by atoms with E-state index in [1.165, 1.54) is 12.5 Å². The maximum atomic E-state index is 11.6. The normalized spacial score (nSPS) is 11.8. The van der Waals surface area contributed by atoms with E-state index in [9.17, 15) is 9.59 Å². The van der Waals surface area contributed by atoms with E-state index in [-0.39, 0.29) is 13.0 Å². The molecular formula is C9H12N8O3. The number of carboxylic acid groups (broad SMARTS) is 1. The predicted molar refractivity (Wildman–Crippen MR) is 63.3 cm³/mol. The van der Waals surface area contributed by atoms with Crippen LogP contribution < -0.4 is 10.6 Å². The number of carboxylic acids is 1. The summed E-state index contributed by atoms with van der Waals surface area (Å²) in [6, 6.07) is -1.71. The number of rotatable bonds is 6. The molecular weight excluding hydrogens is 268 g/mol. The molecule has 0 fully saturated rings. The maximum Gasteiger partial charge on any atom is 0.326 e. The molecule has 1 unspecified atom stereocenters. The lowest BCUT2D eigenvalue weighted by molar-refractivity contribution is -0.139. The lowest BCUT2D eigenvalue weighted by Crippen LogP contribution is -2.47. The number of nitrogens with one attached hydrogen (secondary N) is 4. The number of imidazole rings is 1. The fraction of sp³-hybridized carbons (Fsp3) is 0.333. The molecule has 0 aliphatic carbocycles. The molecule has 0 aliphatic heterocycles. The van der Waals surface area contributed by atoms with Crippen LogP contribution in [0.5, 0.6) is 0 Å². The first kappa shape index (κ1) is 13.5. The van der Waals surface area contributed by atoms with E-state index < -0.39 is 18.0 Å². The van der Waals surface area contributed by atoms with Gasteiger partial charge in [-0.2, -0.15) is 5.21 Å². The van der Waals surface area contributed by atoms with Crippen LogP contribution >= 0.6 is 0 Å². The predicted octanol–water partition coefficient (Wildman–Crippen LogP) is -1.58. The largest absolute Gasteiger partial charge is 0.480 e. The summed E-state index contributed by atoms with van der Waals surface area (Å²) < 4.78 is 0. The van der Waals surface area contributed by atoms with Gasteiger partial charge in [0.1, 0.15) is 6.04 Å². The molecule has 2 aromatic heterocycles. The standard InChI is InChI=1S/C9H12N8O3/c18-8(19)6(1-5-2-10-4-12-5)13-9(20)11-3-7-14-16-17-15-7/h2,4,6H,1,3H2,(H,10,12)(H,18,19)(H2,11,13,20)(H,14,15,16,17). The summed E-state index contributed by atoms with van der Waals surface area (Å²) in [5.74, 6) is -0.852. The van der Waals surface area contributed by atoms with E-state index in [2.05, 4.69) is 41.2 Å². The summed E-state index contributed by atoms with van der Waals surface area (Å²) in [6.07, 6.45) is 3.03. The van der Waals surface area contributed by atoms with Gasteiger partial charge in [0.15, 0.2) is 5.82 Å². The zero-order chi connectivity index (χ0) is 14.4. The van der Waals surface area contributed by atoms with Crippen molar-refractivity contribution in [2.45, 2.75) is 19.0 Å². The smallest absolute Gasteiger partial charge is 0.326 e. The van der Waals surface area contributed by atoms with Gasteiger partial charge >= 0.3 is 12.0 Å². The van der Waals surface area contributed by atoms with Gasteiger partial charge in [0.2, 0.25) is 0 Å². The van der Waals surface area contributed by atoms with Crippen LogP contribution in [0.3, 0.4) is 0 Å². The Morgan fingerprint density at radius 3 is 2.90 bits per heavy atom. The van der Waals surface area contributed by atoms with Gasteiger partial charge < -0.3 is 20.7 Å². The molecule has 11 nitrogen and oxygen atoms in total. The van der Waals surface area contributed by atoms with Crippen LogP contribution in [0.25, 0.3) is 0 Å². The minimum absolute atomic E-state index is 0.0404. The quantitative estimate of drug-likeness (QED) is 0.426. The highest BCUT2D eigenvalue weighted by Crippen LogP contribution is 1.98. The Morgan fingerprint density at radius 2 is 2.30 bits per heavy atom. The summed E-state index contributed by atoms with van der Waals surface area (Å²) in [5, 5.41) is 26.7. The summed E-state index contributed by atoms with van der Waals surface area (Å²) in [6.45, 7) is 0.0404. The fourth-order valence-corrected chi connectivity index (χ4v) is 1.44. The van der Waals surface area contributed by atoms with Gasteiger partial charge in [-0.25, -0.2) is 14.6 Å². The fourth-order valence-electron chi connectivity index (χ4n) is 1.44. The van der Waals surface area contributed by atoms with E-state index in [0.717, 1.165) is 0 Å². The number of tetrazole rings is 1. The van der Waals surface area contributed by atoms with Gasteiger partial charge in [-0.05, 0) is 0 Å². The van der Waals surface area contributed by atoms with E-state index in [1.807, 2.05) is 0 Å². The van der Waals surface area contributed by atoms with Gasteiger partial charge in [-0.1, -0.05) is 5.21 Å². The molecule has 1 atom stereocenters. The number of hydrogen-bond acceptors (Lipinski definition) is 6. The van der Waals surface area contributed by atoms with Crippen molar-refractivity contribution in [1.29, 1.82) is 0 Å². The summed E-state index contributed by atoms with van der Waals surface area (Å²) in [7, 11) is 0. The van der Waals surface area contributed by atoms with Crippen molar-refractivity contribution in [3.8, 4) is 0 Å². The monoisotopic (exact) mass is 280 g/mol. The average molecular weight is 280 g/mol. The van der Waals surface area contributed by atoms with Crippen LogP contribution in [0, 0.1) is 0 Å². The van der Waals surface area contributed by atoms with E-state index >= 15 is 0 Å². The molecule has 2 rings (SSSR count). The molecule has 20 heavy (non-hydrogen) atoms. The highest BCUT2D eigenvalue weighted by molar-refractivity contribution is 5.82. The number of aliphatic carboxylic acids is 1. The molecule has 0 spiro atoms.